The summed E-state index contributed by atoms with van der Waals surface area (Å²) in [5.41, 5.74) is 1.07. The van der Waals surface area contributed by atoms with Crippen LogP contribution in [-0.4, -0.2) is 34.9 Å². The number of rotatable bonds is 4. The highest BCUT2D eigenvalue weighted by atomic mass is 16.2. The van der Waals surface area contributed by atoms with Crippen LogP contribution < -0.4 is 5.32 Å². The summed E-state index contributed by atoms with van der Waals surface area (Å²) in [7, 11) is 0. The summed E-state index contributed by atoms with van der Waals surface area (Å²) in [4.78, 5) is 18.4. The standard InChI is InChI=1S/C17H23N3O/c21-17(12-14-4-1-2-5-14)20-10-7-15(8-11-20)19-16-6-3-9-18-13-16/h1,3-4,6,9,13-15,19H,2,5,7-8,10-12H2/t14-/m0/s1. The molecule has 1 aromatic rings. The number of carbonyl (C=O) groups is 1. The SMILES string of the molecule is O=C(C[C@H]1C=CCC1)N1CCC(Nc2cccnc2)CC1. The van der Waals surface area contributed by atoms with Crippen molar-refractivity contribution in [3.8, 4) is 0 Å². The molecule has 4 nitrogen and oxygen atoms in total. The van der Waals surface area contributed by atoms with E-state index in [2.05, 4.69) is 22.5 Å². The van der Waals surface area contributed by atoms with Gasteiger partial charge < -0.3 is 10.2 Å². The Labute approximate surface area is 126 Å². The number of nitrogens with one attached hydrogen (secondary N) is 1. The predicted molar refractivity (Wildman–Crippen MR) is 83.9 cm³/mol. The van der Waals surface area contributed by atoms with Crippen molar-refractivity contribution >= 4 is 11.6 Å². The van der Waals surface area contributed by atoms with E-state index in [4.69, 9.17) is 0 Å². The van der Waals surface area contributed by atoms with E-state index in [1.807, 2.05) is 23.2 Å². The zero-order chi connectivity index (χ0) is 14.5. The number of pyridine rings is 1. The Morgan fingerprint density at radius 1 is 1.33 bits per heavy atom. The Bertz CT molecular complexity index is 492. The second kappa shape index (κ2) is 6.74. The van der Waals surface area contributed by atoms with Gasteiger partial charge in [-0.25, -0.2) is 0 Å². The number of nitrogens with zero attached hydrogens (tertiary/aromatic N) is 2. The minimum Gasteiger partial charge on any atom is -0.381 e. The molecular formula is C17H23N3O. The maximum absolute atomic E-state index is 12.3. The Morgan fingerprint density at radius 3 is 2.86 bits per heavy atom. The molecule has 112 valence electrons. The summed E-state index contributed by atoms with van der Waals surface area (Å²) in [6.45, 7) is 1.74. The van der Waals surface area contributed by atoms with Gasteiger partial charge >= 0.3 is 0 Å². The topological polar surface area (TPSA) is 45.2 Å². The summed E-state index contributed by atoms with van der Waals surface area (Å²) in [6, 6.07) is 4.43. The Balaban J connectivity index is 1.44. The van der Waals surface area contributed by atoms with Crippen molar-refractivity contribution in [1.29, 1.82) is 0 Å². The number of anilines is 1. The van der Waals surface area contributed by atoms with Gasteiger partial charge in [-0.05, 0) is 43.7 Å². The first kappa shape index (κ1) is 14.1. The van der Waals surface area contributed by atoms with Crippen molar-refractivity contribution in [2.24, 2.45) is 5.92 Å². The highest BCUT2D eigenvalue weighted by Crippen LogP contribution is 2.23. The molecule has 0 spiro atoms. The summed E-state index contributed by atoms with van der Waals surface area (Å²) < 4.78 is 0. The third-order valence-electron chi connectivity index (χ3n) is 4.43. The Morgan fingerprint density at radius 2 is 2.19 bits per heavy atom. The van der Waals surface area contributed by atoms with Crippen LogP contribution in [0.2, 0.25) is 0 Å². The van der Waals surface area contributed by atoms with Gasteiger partial charge in [0.05, 0.1) is 5.69 Å². The number of piperidine rings is 1. The van der Waals surface area contributed by atoms with E-state index >= 15 is 0 Å². The van der Waals surface area contributed by atoms with Gasteiger partial charge in [0.15, 0.2) is 0 Å². The highest BCUT2D eigenvalue weighted by Gasteiger charge is 2.24. The lowest BCUT2D eigenvalue weighted by atomic mass is 10.0. The highest BCUT2D eigenvalue weighted by molar-refractivity contribution is 5.76. The molecule has 1 fully saturated rings. The van der Waals surface area contributed by atoms with Gasteiger partial charge in [0, 0.05) is 37.9 Å². The fourth-order valence-corrected chi connectivity index (χ4v) is 3.18. The van der Waals surface area contributed by atoms with Gasteiger partial charge in [-0.1, -0.05) is 12.2 Å². The van der Waals surface area contributed by atoms with E-state index < -0.39 is 0 Å². The molecule has 0 unspecified atom stereocenters. The van der Waals surface area contributed by atoms with Gasteiger partial charge in [-0.3, -0.25) is 9.78 Å². The zero-order valence-electron chi connectivity index (χ0n) is 12.4. The van der Waals surface area contributed by atoms with Crippen LogP contribution in [0.15, 0.2) is 36.7 Å². The fourth-order valence-electron chi connectivity index (χ4n) is 3.18. The molecule has 4 heteroatoms. The minimum atomic E-state index is 0.325. The lowest BCUT2D eigenvalue weighted by molar-refractivity contribution is -0.132. The summed E-state index contributed by atoms with van der Waals surface area (Å²) in [6.07, 6.45) is 13.0. The molecule has 2 heterocycles. The van der Waals surface area contributed by atoms with Crippen LogP contribution in [0.4, 0.5) is 5.69 Å². The van der Waals surface area contributed by atoms with Crippen LogP contribution in [0.5, 0.6) is 0 Å². The van der Waals surface area contributed by atoms with Crippen LogP contribution in [0.25, 0.3) is 0 Å². The average Bonchev–Trinajstić information content (AvgIpc) is 3.02. The molecule has 0 saturated carbocycles. The maximum Gasteiger partial charge on any atom is 0.223 e. The number of aromatic nitrogens is 1. The lowest BCUT2D eigenvalue weighted by Gasteiger charge is -2.33. The summed E-state index contributed by atoms with van der Waals surface area (Å²) in [5.74, 6) is 0.801. The second-order valence-electron chi connectivity index (χ2n) is 6.01. The molecule has 1 aromatic heterocycles. The van der Waals surface area contributed by atoms with E-state index in [-0.39, 0.29) is 0 Å². The van der Waals surface area contributed by atoms with Crippen LogP contribution in [0, 0.1) is 5.92 Å². The van der Waals surface area contributed by atoms with Crippen molar-refractivity contribution in [1.82, 2.24) is 9.88 Å². The van der Waals surface area contributed by atoms with Gasteiger partial charge in [-0.15, -0.1) is 0 Å². The summed E-state index contributed by atoms with van der Waals surface area (Å²) >= 11 is 0. The average molecular weight is 285 g/mol. The van der Waals surface area contributed by atoms with E-state index in [0.29, 0.717) is 24.3 Å². The molecule has 3 rings (SSSR count). The monoisotopic (exact) mass is 285 g/mol. The fraction of sp³-hybridized carbons (Fsp3) is 0.529. The molecule has 0 radical (unpaired) electrons. The molecular weight excluding hydrogens is 262 g/mol. The van der Waals surface area contributed by atoms with Crippen molar-refractivity contribution in [3.05, 3.63) is 36.7 Å². The van der Waals surface area contributed by atoms with Crippen LogP contribution in [0.3, 0.4) is 0 Å². The molecule has 2 aliphatic rings. The van der Waals surface area contributed by atoms with Crippen molar-refractivity contribution in [2.75, 3.05) is 18.4 Å². The van der Waals surface area contributed by atoms with Crippen LogP contribution >= 0.6 is 0 Å². The molecule has 1 aliphatic carbocycles. The minimum absolute atomic E-state index is 0.325. The maximum atomic E-state index is 12.3. The van der Waals surface area contributed by atoms with E-state index in [9.17, 15) is 4.79 Å². The predicted octanol–water partition coefficient (Wildman–Crippen LogP) is 2.84. The van der Waals surface area contributed by atoms with Crippen LogP contribution in [0.1, 0.15) is 32.1 Å². The largest absolute Gasteiger partial charge is 0.381 e. The van der Waals surface area contributed by atoms with Crippen LogP contribution in [-0.2, 0) is 4.79 Å². The van der Waals surface area contributed by atoms with Crippen molar-refractivity contribution < 1.29 is 4.79 Å². The Hall–Kier alpha value is -1.84. The first-order valence-electron chi connectivity index (χ1n) is 7.92. The van der Waals surface area contributed by atoms with E-state index in [1.54, 1.807) is 6.20 Å². The zero-order valence-corrected chi connectivity index (χ0v) is 12.4. The molecule has 1 amide bonds. The number of carbonyl (C=O) groups excluding carboxylic acids is 1. The van der Waals surface area contributed by atoms with Gasteiger partial charge in [-0.2, -0.15) is 0 Å². The number of hydrogen-bond donors (Lipinski definition) is 1. The molecule has 0 aromatic carbocycles. The smallest absolute Gasteiger partial charge is 0.223 e. The van der Waals surface area contributed by atoms with Gasteiger partial charge in [0.2, 0.25) is 5.91 Å². The lowest BCUT2D eigenvalue weighted by Crippen LogP contribution is -2.42. The van der Waals surface area contributed by atoms with Crippen molar-refractivity contribution in [3.63, 3.8) is 0 Å². The van der Waals surface area contributed by atoms with E-state index in [0.717, 1.165) is 44.5 Å². The molecule has 1 saturated heterocycles. The quantitative estimate of drug-likeness (QED) is 0.865. The summed E-state index contributed by atoms with van der Waals surface area (Å²) in [5, 5.41) is 3.50. The first-order chi connectivity index (χ1) is 10.3. The Kier molecular flexibility index (Phi) is 4.53. The molecule has 1 atom stereocenters. The van der Waals surface area contributed by atoms with Gasteiger partial charge in [0.25, 0.3) is 0 Å². The number of likely N-dealkylation sites (tertiary alicyclic amines) is 1. The molecule has 1 aliphatic heterocycles. The molecule has 21 heavy (non-hydrogen) atoms. The number of amides is 1. The molecule has 0 bridgehead atoms. The number of allylic oxidation sites excluding steroid dienone is 2. The number of hydrogen-bond acceptors (Lipinski definition) is 3. The third kappa shape index (κ3) is 3.84. The third-order valence-corrected chi connectivity index (χ3v) is 4.43. The van der Waals surface area contributed by atoms with Gasteiger partial charge in [0.1, 0.15) is 0 Å². The normalized spacial score (nSPS) is 22.5. The van der Waals surface area contributed by atoms with Crippen molar-refractivity contribution in [2.45, 2.75) is 38.1 Å². The van der Waals surface area contributed by atoms with E-state index in [1.165, 1.54) is 0 Å². The first-order valence-corrected chi connectivity index (χ1v) is 7.92. The molecule has 1 N–H and O–H groups in total. The second-order valence-corrected chi connectivity index (χ2v) is 6.01.